The molecule has 0 fully saturated rings. The molecule has 0 amide bonds. The average molecular weight is 315 g/mol. The van der Waals surface area contributed by atoms with Gasteiger partial charge >= 0.3 is 6.18 Å². The van der Waals surface area contributed by atoms with Crippen LogP contribution in [0.2, 0.25) is 5.02 Å². The number of nitrogens with zero attached hydrogens (tertiary/aromatic N) is 3. The first-order valence-corrected chi connectivity index (χ1v) is 6.19. The highest BCUT2D eigenvalue weighted by atomic mass is 35.5. The minimum Gasteiger partial charge on any atom is -0.338 e. The molecule has 0 radical (unpaired) electrons. The largest absolute Gasteiger partial charge is 0.416 e. The summed E-state index contributed by atoms with van der Waals surface area (Å²) in [6, 6.07) is 4.96. The van der Waals surface area contributed by atoms with Gasteiger partial charge in [-0.15, -0.1) is 0 Å². The Morgan fingerprint density at radius 2 is 2.05 bits per heavy atom. The van der Waals surface area contributed by atoms with Gasteiger partial charge in [0.05, 0.1) is 22.0 Å². The standard InChI is InChI=1S/C13H10ClF3N4/c1-7-9(6-18)12(21(2)20-7)19-11-4-3-8(5-10(11)14)13(15,16)17/h3-5,19H,1-2H3. The van der Waals surface area contributed by atoms with Gasteiger partial charge in [-0.2, -0.15) is 23.5 Å². The Morgan fingerprint density at radius 3 is 2.57 bits per heavy atom. The van der Waals surface area contributed by atoms with Gasteiger partial charge in [0.25, 0.3) is 0 Å². The lowest BCUT2D eigenvalue weighted by Gasteiger charge is -2.12. The predicted octanol–water partition coefficient (Wildman–Crippen LogP) is 4.02. The third-order valence-corrected chi connectivity index (χ3v) is 3.20. The normalized spacial score (nSPS) is 11.3. The topological polar surface area (TPSA) is 53.6 Å². The quantitative estimate of drug-likeness (QED) is 0.911. The van der Waals surface area contributed by atoms with Gasteiger partial charge in [0, 0.05) is 7.05 Å². The summed E-state index contributed by atoms with van der Waals surface area (Å²) in [6.07, 6.45) is -4.46. The van der Waals surface area contributed by atoms with E-state index >= 15 is 0 Å². The van der Waals surface area contributed by atoms with Crippen molar-refractivity contribution in [3.8, 4) is 6.07 Å². The summed E-state index contributed by atoms with van der Waals surface area (Å²) >= 11 is 5.86. The monoisotopic (exact) mass is 314 g/mol. The highest BCUT2D eigenvalue weighted by Crippen LogP contribution is 2.35. The number of hydrogen-bond acceptors (Lipinski definition) is 3. The molecule has 8 heteroatoms. The van der Waals surface area contributed by atoms with Gasteiger partial charge in [0.2, 0.25) is 0 Å². The summed E-state index contributed by atoms with van der Waals surface area (Å²) in [5, 5.41) is 15.9. The van der Waals surface area contributed by atoms with E-state index in [2.05, 4.69) is 10.4 Å². The van der Waals surface area contributed by atoms with E-state index < -0.39 is 11.7 Å². The Balaban J connectivity index is 2.40. The molecule has 0 bridgehead atoms. The number of alkyl halides is 3. The van der Waals surface area contributed by atoms with E-state index in [4.69, 9.17) is 16.9 Å². The molecule has 2 rings (SSSR count). The van der Waals surface area contributed by atoms with Crippen molar-refractivity contribution in [2.45, 2.75) is 13.1 Å². The van der Waals surface area contributed by atoms with E-state index in [9.17, 15) is 13.2 Å². The van der Waals surface area contributed by atoms with Gasteiger partial charge in [-0.05, 0) is 25.1 Å². The maximum Gasteiger partial charge on any atom is 0.416 e. The Labute approximate surface area is 123 Å². The number of aromatic nitrogens is 2. The van der Waals surface area contributed by atoms with Gasteiger partial charge in [0.15, 0.2) is 0 Å². The van der Waals surface area contributed by atoms with E-state index in [1.54, 1.807) is 14.0 Å². The van der Waals surface area contributed by atoms with Crippen LogP contribution in [0.15, 0.2) is 18.2 Å². The maximum atomic E-state index is 12.6. The van der Waals surface area contributed by atoms with Gasteiger partial charge in [-0.3, -0.25) is 4.68 Å². The molecular formula is C13H10ClF3N4. The van der Waals surface area contributed by atoms with Crippen molar-refractivity contribution >= 4 is 23.1 Å². The molecule has 1 N–H and O–H groups in total. The van der Waals surface area contributed by atoms with E-state index in [-0.39, 0.29) is 10.7 Å². The fraction of sp³-hybridized carbons (Fsp3) is 0.231. The number of nitrogens with one attached hydrogen (secondary N) is 1. The lowest BCUT2D eigenvalue weighted by atomic mass is 10.2. The number of rotatable bonds is 2. The number of aryl methyl sites for hydroxylation is 2. The second-order valence-corrected chi connectivity index (χ2v) is 4.77. The number of anilines is 2. The first kappa shape index (κ1) is 15.2. The van der Waals surface area contributed by atoms with Crippen molar-refractivity contribution in [1.29, 1.82) is 5.26 Å². The number of nitriles is 1. The fourth-order valence-corrected chi connectivity index (χ4v) is 2.08. The lowest BCUT2D eigenvalue weighted by Crippen LogP contribution is -2.06. The molecule has 1 aromatic carbocycles. The summed E-state index contributed by atoms with van der Waals surface area (Å²) in [5.41, 5.74) is 0.267. The van der Waals surface area contributed by atoms with Crippen LogP contribution in [0.4, 0.5) is 24.7 Å². The molecule has 0 aliphatic heterocycles. The van der Waals surface area contributed by atoms with Crippen LogP contribution in [0.3, 0.4) is 0 Å². The van der Waals surface area contributed by atoms with Crippen LogP contribution in [0, 0.1) is 18.3 Å². The molecule has 0 saturated heterocycles. The smallest absolute Gasteiger partial charge is 0.338 e. The summed E-state index contributed by atoms with van der Waals surface area (Å²) in [5.74, 6) is 0.372. The highest BCUT2D eigenvalue weighted by Gasteiger charge is 2.31. The second kappa shape index (κ2) is 5.30. The van der Waals surface area contributed by atoms with Crippen LogP contribution in [-0.2, 0) is 13.2 Å². The van der Waals surface area contributed by atoms with E-state index in [0.717, 1.165) is 12.1 Å². The minimum absolute atomic E-state index is 0.0902. The van der Waals surface area contributed by atoms with Gasteiger partial charge < -0.3 is 5.32 Å². The Hall–Kier alpha value is -2.20. The lowest BCUT2D eigenvalue weighted by molar-refractivity contribution is -0.137. The van der Waals surface area contributed by atoms with Crippen molar-refractivity contribution in [3.63, 3.8) is 0 Å². The molecule has 2 aromatic rings. The molecule has 110 valence electrons. The van der Waals surface area contributed by atoms with Crippen molar-refractivity contribution in [1.82, 2.24) is 9.78 Å². The molecule has 0 spiro atoms. The van der Waals surface area contributed by atoms with Crippen LogP contribution in [0.25, 0.3) is 0 Å². The van der Waals surface area contributed by atoms with E-state index in [1.165, 1.54) is 10.7 Å². The van der Waals surface area contributed by atoms with E-state index in [0.29, 0.717) is 17.1 Å². The maximum absolute atomic E-state index is 12.6. The zero-order chi connectivity index (χ0) is 15.8. The molecule has 0 aliphatic rings. The van der Waals surface area contributed by atoms with Crippen molar-refractivity contribution in [3.05, 3.63) is 40.0 Å². The third kappa shape index (κ3) is 2.95. The van der Waals surface area contributed by atoms with Gasteiger partial charge in [-0.1, -0.05) is 11.6 Å². The second-order valence-electron chi connectivity index (χ2n) is 4.36. The van der Waals surface area contributed by atoms with E-state index in [1.807, 2.05) is 6.07 Å². The summed E-state index contributed by atoms with van der Waals surface area (Å²) < 4.78 is 39.2. The van der Waals surface area contributed by atoms with Gasteiger partial charge in [0.1, 0.15) is 17.5 Å². The minimum atomic E-state index is -4.46. The zero-order valence-corrected chi connectivity index (χ0v) is 11.8. The average Bonchev–Trinajstić information content (AvgIpc) is 2.64. The summed E-state index contributed by atoms with van der Waals surface area (Å²) in [6.45, 7) is 1.66. The molecule has 0 aliphatic carbocycles. The molecule has 4 nitrogen and oxygen atoms in total. The third-order valence-electron chi connectivity index (χ3n) is 2.88. The van der Waals surface area contributed by atoms with Gasteiger partial charge in [-0.25, -0.2) is 0 Å². The molecule has 0 saturated carbocycles. The molecular weight excluding hydrogens is 305 g/mol. The Morgan fingerprint density at radius 1 is 1.38 bits per heavy atom. The molecule has 0 atom stereocenters. The summed E-state index contributed by atoms with van der Waals surface area (Å²) in [4.78, 5) is 0. The number of hydrogen-bond donors (Lipinski definition) is 1. The Bertz CT molecular complexity index is 728. The SMILES string of the molecule is Cc1nn(C)c(Nc2ccc(C(F)(F)F)cc2Cl)c1C#N. The number of halogens is 4. The van der Waals surface area contributed by atoms with Crippen LogP contribution in [0.5, 0.6) is 0 Å². The van der Waals surface area contributed by atoms with Crippen LogP contribution >= 0.6 is 11.6 Å². The molecule has 1 aromatic heterocycles. The highest BCUT2D eigenvalue weighted by molar-refractivity contribution is 6.33. The zero-order valence-electron chi connectivity index (χ0n) is 11.1. The van der Waals surface area contributed by atoms with Crippen molar-refractivity contribution in [2.75, 3.05) is 5.32 Å². The first-order chi connectivity index (χ1) is 9.74. The fourth-order valence-electron chi connectivity index (χ4n) is 1.86. The molecule has 0 unspecified atom stereocenters. The van der Waals surface area contributed by atoms with Crippen LogP contribution in [0.1, 0.15) is 16.8 Å². The van der Waals surface area contributed by atoms with Crippen molar-refractivity contribution < 1.29 is 13.2 Å². The molecule has 21 heavy (non-hydrogen) atoms. The Kier molecular flexibility index (Phi) is 3.83. The first-order valence-electron chi connectivity index (χ1n) is 5.81. The molecule has 1 heterocycles. The van der Waals surface area contributed by atoms with Crippen LogP contribution in [-0.4, -0.2) is 9.78 Å². The number of benzene rings is 1. The predicted molar refractivity (Wildman–Crippen MR) is 72.4 cm³/mol. The van der Waals surface area contributed by atoms with Crippen molar-refractivity contribution in [2.24, 2.45) is 7.05 Å². The van der Waals surface area contributed by atoms with Crippen LogP contribution < -0.4 is 5.32 Å². The summed E-state index contributed by atoms with van der Waals surface area (Å²) in [7, 11) is 1.62.